The normalized spacial score (nSPS) is 16.5. The van der Waals surface area contributed by atoms with Crippen LogP contribution in [0.1, 0.15) is 53.4 Å². The summed E-state index contributed by atoms with van der Waals surface area (Å²) in [4.78, 5) is 0. The molecule has 2 unspecified atom stereocenters. The number of aliphatic hydroxyl groups excluding tert-OH is 1. The minimum absolute atomic E-state index is 0.0422. The SMILES string of the molecule is CCCC(C)C(/C=C(\O)C(CC)CC)OC. The molecule has 0 heterocycles. The van der Waals surface area contributed by atoms with Crippen molar-refractivity contribution in [2.24, 2.45) is 11.8 Å². The molecular formula is C14H28O2. The van der Waals surface area contributed by atoms with E-state index >= 15 is 0 Å². The molecule has 0 spiro atoms. The summed E-state index contributed by atoms with van der Waals surface area (Å²) in [7, 11) is 1.72. The average Bonchev–Trinajstić information content (AvgIpc) is 2.27. The molecule has 0 amide bonds. The van der Waals surface area contributed by atoms with Crippen LogP contribution >= 0.6 is 0 Å². The fraction of sp³-hybridized carbons (Fsp3) is 0.857. The standard InChI is InChI=1S/C14H28O2/c1-6-9-11(4)14(16-5)10-13(15)12(7-2)8-3/h10-12,14-15H,6-9H2,1-5H3/b13-10-. The first kappa shape index (κ1) is 15.5. The van der Waals surface area contributed by atoms with Gasteiger partial charge in [-0.3, -0.25) is 0 Å². The van der Waals surface area contributed by atoms with Gasteiger partial charge in [-0.1, -0.05) is 34.1 Å². The number of ether oxygens (including phenoxy) is 1. The summed E-state index contributed by atoms with van der Waals surface area (Å²) < 4.78 is 5.44. The number of rotatable bonds is 8. The van der Waals surface area contributed by atoms with Gasteiger partial charge in [0.2, 0.25) is 0 Å². The third-order valence-electron chi connectivity index (χ3n) is 3.32. The lowest BCUT2D eigenvalue weighted by atomic mass is 9.94. The Hall–Kier alpha value is -0.500. The van der Waals surface area contributed by atoms with Gasteiger partial charge in [0.15, 0.2) is 0 Å². The van der Waals surface area contributed by atoms with Crippen LogP contribution in [0.25, 0.3) is 0 Å². The Labute approximate surface area is 101 Å². The van der Waals surface area contributed by atoms with E-state index in [0.717, 1.165) is 25.7 Å². The summed E-state index contributed by atoms with van der Waals surface area (Å²) in [6.45, 7) is 8.56. The molecule has 0 aliphatic heterocycles. The number of methoxy groups -OCH3 is 1. The minimum atomic E-state index is 0.0422. The molecule has 0 aliphatic rings. The van der Waals surface area contributed by atoms with Crippen LogP contribution < -0.4 is 0 Å². The molecule has 0 aliphatic carbocycles. The maximum atomic E-state index is 10.0. The molecule has 2 nitrogen and oxygen atoms in total. The summed E-state index contributed by atoms with van der Waals surface area (Å²) in [5.41, 5.74) is 0. The molecule has 1 N–H and O–H groups in total. The van der Waals surface area contributed by atoms with Crippen LogP contribution in [-0.4, -0.2) is 18.3 Å². The quantitative estimate of drug-likeness (QED) is 0.627. The highest BCUT2D eigenvalue weighted by atomic mass is 16.5. The molecule has 2 atom stereocenters. The topological polar surface area (TPSA) is 29.5 Å². The molecule has 0 aromatic carbocycles. The van der Waals surface area contributed by atoms with Gasteiger partial charge in [-0.05, 0) is 31.3 Å². The molecule has 0 aromatic rings. The van der Waals surface area contributed by atoms with E-state index in [-0.39, 0.29) is 12.0 Å². The van der Waals surface area contributed by atoms with Gasteiger partial charge in [0.25, 0.3) is 0 Å². The van der Waals surface area contributed by atoms with Crippen molar-refractivity contribution in [2.75, 3.05) is 7.11 Å². The highest BCUT2D eigenvalue weighted by molar-refractivity contribution is 5.01. The van der Waals surface area contributed by atoms with Gasteiger partial charge in [-0.25, -0.2) is 0 Å². The van der Waals surface area contributed by atoms with E-state index in [0.29, 0.717) is 11.7 Å². The van der Waals surface area contributed by atoms with Crippen molar-refractivity contribution in [3.05, 3.63) is 11.8 Å². The summed E-state index contributed by atoms with van der Waals surface area (Å²) in [5, 5.41) is 10.0. The van der Waals surface area contributed by atoms with Crippen molar-refractivity contribution in [2.45, 2.75) is 59.5 Å². The van der Waals surface area contributed by atoms with Gasteiger partial charge in [0.05, 0.1) is 11.9 Å². The lowest BCUT2D eigenvalue weighted by molar-refractivity contribution is 0.0881. The predicted octanol–water partition coefficient (Wildman–Crippen LogP) is 4.32. The molecule has 2 heteroatoms. The van der Waals surface area contributed by atoms with Gasteiger partial charge in [-0.15, -0.1) is 0 Å². The largest absolute Gasteiger partial charge is 0.512 e. The third kappa shape index (κ3) is 5.02. The van der Waals surface area contributed by atoms with Crippen LogP contribution in [-0.2, 0) is 4.74 Å². The van der Waals surface area contributed by atoms with Crippen LogP contribution in [0.5, 0.6) is 0 Å². The highest BCUT2D eigenvalue weighted by Gasteiger charge is 2.17. The summed E-state index contributed by atoms with van der Waals surface area (Å²) >= 11 is 0. The van der Waals surface area contributed by atoms with E-state index in [1.54, 1.807) is 7.11 Å². The first-order chi connectivity index (χ1) is 7.60. The Morgan fingerprint density at radius 3 is 2.19 bits per heavy atom. The van der Waals surface area contributed by atoms with E-state index in [4.69, 9.17) is 4.74 Å². The summed E-state index contributed by atoms with van der Waals surface area (Å²) in [6.07, 6.45) is 6.19. The molecular weight excluding hydrogens is 200 g/mol. The molecule has 96 valence electrons. The van der Waals surface area contributed by atoms with E-state index in [2.05, 4.69) is 27.7 Å². The lowest BCUT2D eigenvalue weighted by Crippen LogP contribution is -2.19. The summed E-state index contributed by atoms with van der Waals surface area (Å²) in [5.74, 6) is 1.25. The maximum Gasteiger partial charge on any atom is 0.0939 e. The molecule has 0 rings (SSSR count). The second kappa shape index (κ2) is 8.63. The van der Waals surface area contributed by atoms with Crippen LogP contribution in [0.15, 0.2) is 11.8 Å². The maximum absolute atomic E-state index is 10.0. The van der Waals surface area contributed by atoms with Crippen molar-refractivity contribution in [1.29, 1.82) is 0 Å². The Bertz CT molecular complexity index is 195. The Morgan fingerprint density at radius 2 is 1.81 bits per heavy atom. The monoisotopic (exact) mass is 228 g/mol. The second-order valence-electron chi connectivity index (χ2n) is 4.57. The Balaban J connectivity index is 4.53. The Kier molecular flexibility index (Phi) is 8.36. The molecule has 0 fully saturated rings. The zero-order chi connectivity index (χ0) is 12.6. The van der Waals surface area contributed by atoms with Gasteiger partial charge in [-0.2, -0.15) is 0 Å². The average molecular weight is 228 g/mol. The number of hydrogen-bond donors (Lipinski definition) is 1. The zero-order valence-corrected chi connectivity index (χ0v) is 11.5. The summed E-state index contributed by atoms with van der Waals surface area (Å²) in [6, 6.07) is 0. The van der Waals surface area contributed by atoms with Crippen molar-refractivity contribution in [1.82, 2.24) is 0 Å². The van der Waals surface area contributed by atoms with Crippen molar-refractivity contribution in [3.63, 3.8) is 0 Å². The molecule has 0 saturated carbocycles. The fourth-order valence-electron chi connectivity index (χ4n) is 2.10. The minimum Gasteiger partial charge on any atom is -0.512 e. The van der Waals surface area contributed by atoms with E-state index in [1.807, 2.05) is 6.08 Å². The predicted molar refractivity (Wildman–Crippen MR) is 69.7 cm³/mol. The molecule has 16 heavy (non-hydrogen) atoms. The Morgan fingerprint density at radius 1 is 1.25 bits per heavy atom. The van der Waals surface area contributed by atoms with Crippen molar-refractivity contribution < 1.29 is 9.84 Å². The number of hydrogen-bond acceptors (Lipinski definition) is 2. The van der Waals surface area contributed by atoms with Gasteiger partial charge < -0.3 is 9.84 Å². The first-order valence-electron chi connectivity index (χ1n) is 6.53. The van der Waals surface area contributed by atoms with Gasteiger partial charge in [0, 0.05) is 13.0 Å². The van der Waals surface area contributed by atoms with Gasteiger partial charge >= 0.3 is 0 Å². The molecule has 0 aromatic heterocycles. The number of aliphatic hydroxyl groups is 1. The second-order valence-corrected chi connectivity index (χ2v) is 4.57. The first-order valence-corrected chi connectivity index (χ1v) is 6.53. The van der Waals surface area contributed by atoms with E-state index < -0.39 is 0 Å². The molecule has 0 saturated heterocycles. The fourth-order valence-corrected chi connectivity index (χ4v) is 2.10. The molecule has 0 radical (unpaired) electrons. The van der Waals surface area contributed by atoms with Crippen LogP contribution in [0.2, 0.25) is 0 Å². The van der Waals surface area contributed by atoms with Crippen LogP contribution in [0, 0.1) is 11.8 Å². The van der Waals surface area contributed by atoms with Gasteiger partial charge in [0.1, 0.15) is 0 Å². The van der Waals surface area contributed by atoms with Crippen molar-refractivity contribution >= 4 is 0 Å². The number of allylic oxidation sites excluding steroid dienone is 1. The van der Waals surface area contributed by atoms with Crippen LogP contribution in [0.3, 0.4) is 0 Å². The van der Waals surface area contributed by atoms with E-state index in [9.17, 15) is 5.11 Å². The lowest BCUT2D eigenvalue weighted by Gasteiger charge is -2.21. The van der Waals surface area contributed by atoms with Crippen molar-refractivity contribution in [3.8, 4) is 0 Å². The van der Waals surface area contributed by atoms with Crippen LogP contribution in [0.4, 0.5) is 0 Å². The zero-order valence-electron chi connectivity index (χ0n) is 11.5. The van der Waals surface area contributed by atoms with E-state index in [1.165, 1.54) is 0 Å². The molecule has 0 bridgehead atoms. The smallest absolute Gasteiger partial charge is 0.0939 e. The third-order valence-corrected chi connectivity index (χ3v) is 3.32. The highest BCUT2D eigenvalue weighted by Crippen LogP contribution is 2.21.